The normalized spacial score (nSPS) is 10.4. The van der Waals surface area contributed by atoms with E-state index in [0.717, 1.165) is 11.4 Å². The Hall–Kier alpha value is -3.48. The SMILES string of the molecule is O=C(NCCCn1ccnc1-c1ccccc1)C(=O)Nc1ccc(F)cc1. The van der Waals surface area contributed by atoms with Crippen molar-refractivity contribution >= 4 is 17.5 Å². The summed E-state index contributed by atoms with van der Waals surface area (Å²) in [5.74, 6) is -1.06. The van der Waals surface area contributed by atoms with E-state index in [0.29, 0.717) is 25.2 Å². The third-order valence-corrected chi connectivity index (χ3v) is 3.92. The van der Waals surface area contributed by atoms with Gasteiger partial charge in [-0.05, 0) is 30.7 Å². The van der Waals surface area contributed by atoms with Crippen LogP contribution in [0, 0.1) is 5.82 Å². The fraction of sp³-hybridized carbons (Fsp3) is 0.150. The molecule has 6 nitrogen and oxygen atoms in total. The zero-order chi connectivity index (χ0) is 19.1. The van der Waals surface area contributed by atoms with Gasteiger partial charge in [-0.15, -0.1) is 0 Å². The van der Waals surface area contributed by atoms with Crippen LogP contribution >= 0.6 is 0 Å². The highest BCUT2D eigenvalue weighted by Gasteiger charge is 2.13. The topological polar surface area (TPSA) is 76.0 Å². The average Bonchev–Trinajstić information content (AvgIpc) is 3.16. The summed E-state index contributed by atoms with van der Waals surface area (Å²) in [6.07, 6.45) is 4.26. The van der Waals surface area contributed by atoms with Gasteiger partial charge in [0, 0.05) is 36.7 Å². The molecule has 0 atom stereocenters. The molecular formula is C20H19FN4O2. The summed E-state index contributed by atoms with van der Waals surface area (Å²) in [6.45, 7) is 1.01. The summed E-state index contributed by atoms with van der Waals surface area (Å²) >= 11 is 0. The number of imidazole rings is 1. The van der Waals surface area contributed by atoms with Gasteiger partial charge in [0.25, 0.3) is 0 Å². The predicted molar refractivity (Wildman–Crippen MR) is 100 cm³/mol. The Morgan fingerprint density at radius 2 is 1.74 bits per heavy atom. The maximum absolute atomic E-state index is 12.8. The predicted octanol–water partition coefficient (Wildman–Crippen LogP) is 2.83. The Kier molecular flexibility index (Phi) is 5.94. The van der Waals surface area contributed by atoms with Gasteiger partial charge in [-0.2, -0.15) is 0 Å². The highest BCUT2D eigenvalue weighted by Crippen LogP contribution is 2.16. The first kappa shape index (κ1) is 18.3. The van der Waals surface area contributed by atoms with Gasteiger partial charge < -0.3 is 15.2 Å². The Morgan fingerprint density at radius 3 is 2.48 bits per heavy atom. The van der Waals surface area contributed by atoms with Gasteiger partial charge in [-0.25, -0.2) is 9.37 Å². The lowest BCUT2D eigenvalue weighted by Gasteiger charge is -2.09. The van der Waals surface area contributed by atoms with E-state index in [-0.39, 0.29) is 0 Å². The van der Waals surface area contributed by atoms with Crippen LogP contribution < -0.4 is 10.6 Å². The molecule has 2 amide bonds. The van der Waals surface area contributed by atoms with E-state index in [2.05, 4.69) is 15.6 Å². The lowest BCUT2D eigenvalue weighted by molar-refractivity contribution is -0.136. The van der Waals surface area contributed by atoms with Crippen LogP contribution in [0.1, 0.15) is 6.42 Å². The van der Waals surface area contributed by atoms with E-state index < -0.39 is 17.6 Å². The van der Waals surface area contributed by atoms with Crippen molar-refractivity contribution in [1.29, 1.82) is 0 Å². The quantitative estimate of drug-likeness (QED) is 0.520. The molecule has 7 heteroatoms. The van der Waals surface area contributed by atoms with E-state index in [1.54, 1.807) is 6.20 Å². The van der Waals surface area contributed by atoms with Gasteiger partial charge in [0.1, 0.15) is 11.6 Å². The molecule has 3 rings (SSSR count). The molecule has 0 aliphatic heterocycles. The van der Waals surface area contributed by atoms with E-state index in [1.165, 1.54) is 24.3 Å². The smallest absolute Gasteiger partial charge is 0.313 e. The maximum atomic E-state index is 12.8. The first-order valence-electron chi connectivity index (χ1n) is 8.55. The summed E-state index contributed by atoms with van der Waals surface area (Å²) in [4.78, 5) is 28.0. The zero-order valence-corrected chi connectivity index (χ0v) is 14.6. The first-order valence-corrected chi connectivity index (χ1v) is 8.55. The van der Waals surface area contributed by atoms with Crippen LogP contribution in [0.4, 0.5) is 10.1 Å². The molecule has 0 aliphatic carbocycles. The molecule has 0 unspecified atom stereocenters. The third kappa shape index (κ3) is 5.01. The first-order chi connectivity index (χ1) is 13.1. The van der Waals surface area contributed by atoms with Crippen LogP contribution in [-0.4, -0.2) is 27.9 Å². The molecule has 0 spiro atoms. The van der Waals surface area contributed by atoms with Crippen LogP contribution in [0.2, 0.25) is 0 Å². The Balaban J connectivity index is 1.45. The number of anilines is 1. The zero-order valence-electron chi connectivity index (χ0n) is 14.6. The number of aromatic nitrogens is 2. The van der Waals surface area contributed by atoms with E-state index >= 15 is 0 Å². The number of nitrogens with zero attached hydrogens (tertiary/aromatic N) is 2. The number of rotatable bonds is 6. The van der Waals surface area contributed by atoms with E-state index in [1.807, 2.05) is 41.1 Å². The molecule has 0 saturated carbocycles. The Labute approximate surface area is 156 Å². The minimum absolute atomic E-state index is 0.349. The molecule has 0 saturated heterocycles. The number of carbonyl (C=O) groups is 2. The monoisotopic (exact) mass is 366 g/mol. The summed E-state index contributed by atoms with van der Waals surface area (Å²) in [5, 5.41) is 5.00. The van der Waals surface area contributed by atoms with Crippen LogP contribution in [0.15, 0.2) is 67.0 Å². The molecule has 3 aromatic rings. The number of benzene rings is 2. The largest absolute Gasteiger partial charge is 0.348 e. The number of aryl methyl sites for hydroxylation is 1. The van der Waals surface area contributed by atoms with Crippen LogP contribution in [0.25, 0.3) is 11.4 Å². The van der Waals surface area contributed by atoms with Crippen LogP contribution in [0.5, 0.6) is 0 Å². The molecule has 2 aromatic carbocycles. The van der Waals surface area contributed by atoms with Crippen molar-refractivity contribution in [2.45, 2.75) is 13.0 Å². The van der Waals surface area contributed by atoms with E-state index in [4.69, 9.17) is 0 Å². The summed E-state index contributed by atoms with van der Waals surface area (Å²) in [7, 11) is 0. The minimum atomic E-state index is -0.783. The number of carbonyl (C=O) groups excluding carboxylic acids is 2. The summed E-state index contributed by atoms with van der Waals surface area (Å²) in [6, 6.07) is 15.0. The number of nitrogens with one attached hydrogen (secondary N) is 2. The number of hydrogen-bond acceptors (Lipinski definition) is 3. The summed E-state index contributed by atoms with van der Waals surface area (Å²) < 4.78 is 14.8. The van der Waals surface area contributed by atoms with Crippen molar-refractivity contribution in [1.82, 2.24) is 14.9 Å². The van der Waals surface area contributed by atoms with Gasteiger partial charge in [-0.1, -0.05) is 30.3 Å². The van der Waals surface area contributed by atoms with Crippen LogP contribution in [0.3, 0.4) is 0 Å². The van der Waals surface area contributed by atoms with Gasteiger partial charge in [0.05, 0.1) is 0 Å². The van der Waals surface area contributed by atoms with Crippen molar-refractivity contribution in [3.8, 4) is 11.4 Å². The Morgan fingerprint density at radius 1 is 1.00 bits per heavy atom. The van der Waals surface area contributed by atoms with Crippen molar-refractivity contribution in [3.05, 3.63) is 72.8 Å². The van der Waals surface area contributed by atoms with Crippen molar-refractivity contribution in [2.24, 2.45) is 0 Å². The molecular weight excluding hydrogens is 347 g/mol. The number of hydrogen-bond donors (Lipinski definition) is 2. The highest BCUT2D eigenvalue weighted by molar-refractivity contribution is 6.39. The van der Waals surface area contributed by atoms with Crippen LogP contribution in [-0.2, 0) is 16.1 Å². The maximum Gasteiger partial charge on any atom is 0.313 e. The van der Waals surface area contributed by atoms with Gasteiger partial charge in [-0.3, -0.25) is 9.59 Å². The fourth-order valence-corrected chi connectivity index (χ4v) is 2.59. The second-order valence-electron chi connectivity index (χ2n) is 5.88. The second kappa shape index (κ2) is 8.75. The number of amides is 2. The lowest BCUT2D eigenvalue weighted by atomic mass is 10.2. The van der Waals surface area contributed by atoms with Crippen molar-refractivity contribution < 1.29 is 14.0 Å². The number of halogens is 1. The van der Waals surface area contributed by atoms with Crippen molar-refractivity contribution in [2.75, 3.05) is 11.9 Å². The molecule has 0 radical (unpaired) electrons. The fourth-order valence-electron chi connectivity index (χ4n) is 2.59. The molecule has 27 heavy (non-hydrogen) atoms. The van der Waals surface area contributed by atoms with Gasteiger partial charge in [0.2, 0.25) is 0 Å². The summed E-state index contributed by atoms with van der Waals surface area (Å²) in [5.41, 5.74) is 1.38. The average molecular weight is 366 g/mol. The lowest BCUT2D eigenvalue weighted by Crippen LogP contribution is -2.36. The molecule has 1 aromatic heterocycles. The minimum Gasteiger partial charge on any atom is -0.348 e. The molecule has 0 fully saturated rings. The molecule has 0 bridgehead atoms. The third-order valence-electron chi connectivity index (χ3n) is 3.92. The van der Waals surface area contributed by atoms with E-state index in [9.17, 15) is 14.0 Å². The van der Waals surface area contributed by atoms with Gasteiger partial charge in [0.15, 0.2) is 0 Å². The van der Waals surface area contributed by atoms with Gasteiger partial charge >= 0.3 is 11.8 Å². The standard InChI is InChI=1S/C20H19FN4O2/c21-16-7-9-17(10-8-16)24-20(27)19(26)23-11-4-13-25-14-12-22-18(25)15-5-2-1-3-6-15/h1-3,5-10,12,14H,4,11,13H2,(H,23,26)(H,24,27). The molecule has 1 heterocycles. The highest BCUT2D eigenvalue weighted by atomic mass is 19.1. The molecule has 0 aliphatic rings. The molecule has 138 valence electrons. The molecule has 2 N–H and O–H groups in total. The second-order valence-corrected chi connectivity index (χ2v) is 5.88. The van der Waals surface area contributed by atoms with Crippen molar-refractivity contribution in [3.63, 3.8) is 0 Å². The Bertz CT molecular complexity index is 907.